The second kappa shape index (κ2) is 4.43. The lowest BCUT2D eigenvalue weighted by Gasteiger charge is -2.42. The Morgan fingerprint density at radius 1 is 1.31 bits per heavy atom. The Labute approximate surface area is 81.5 Å². The highest BCUT2D eigenvalue weighted by Gasteiger charge is 2.33. The van der Waals surface area contributed by atoms with Crippen molar-refractivity contribution in [3.8, 4) is 0 Å². The van der Waals surface area contributed by atoms with Crippen LogP contribution in [-0.4, -0.2) is 25.7 Å². The first kappa shape index (κ1) is 9.47. The maximum absolute atomic E-state index is 3.66. The molecule has 0 aromatic rings. The molecule has 0 aromatic carbocycles. The van der Waals surface area contributed by atoms with Crippen LogP contribution in [0.2, 0.25) is 0 Å². The Bertz CT molecular complexity index is 154. The highest BCUT2D eigenvalue weighted by atomic mass is 14.9. The fourth-order valence-corrected chi connectivity index (χ4v) is 3.12. The van der Waals surface area contributed by atoms with Gasteiger partial charge in [-0.3, -0.25) is 0 Å². The van der Waals surface area contributed by atoms with Gasteiger partial charge in [-0.15, -0.1) is 0 Å². The number of piperidine rings is 1. The molecule has 76 valence electrons. The third-order valence-electron chi connectivity index (χ3n) is 3.74. The molecule has 1 saturated heterocycles. The van der Waals surface area contributed by atoms with Gasteiger partial charge in [0, 0.05) is 6.04 Å². The first-order valence-corrected chi connectivity index (χ1v) is 5.86. The Balaban J connectivity index is 1.94. The molecule has 3 atom stereocenters. The number of nitrogens with one attached hydrogen (secondary N) is 2. The fourth-order valence-electron chi connectivity index (χ4n) is 3.12. The van der Waals surface area contributed by atoms with Crippen LogP contribution in [0.3, 0.4) is 0 Å². The van der Waals surface area contributed by atoms with Gasteiger partial charge in [-0.1, -0.05) is 13.3 Å². The van der Waals surface area contributed by atoms with E-state index in [1.165, 1.54) is 38.8 Å². The predicted octanol–water partition coefficient (Wildman–Crippen LogP) is 1.37. The van der Waals surface area contributed by atoms with Gasteiger partial charge in [0.15, 0.2) is 0 Å². The van der Waals surface area contributed by atoms with Gasteiger partial charge in [0.2, 0.25) is 0 Å². The molecule has 2 nitrogen and oxygen atoms in total. The van der Waals surface area contributed by atoms with Crippen LogP contribution in [0.25, 0.3) is 0 Å². The van der Waals surface area contributed by atoms with Crippen molar-refractivity contribution in [3.05, 3.63) is 0 Å². The van der Waals surface area contributed by atoms with E-state index in [-0.39, 0.29) is 0 Å². The predicted molar refractivity (Wildman–Crippen MR) is 55.8 cm³/mol. The summed E-state index contributed by atoms with van der Waals surface area (Å²) in [5, 5.41) is 7.17. The zero-order valence-corrected chi connectivity index (χ0v) is 8.68. The summed E-state index contributed by atoms with van der Waals surface area (Å²) >= 11 is 0. The van der Waals surface area contributed by atoms with Gasteiger partial charge < -0.3 is 10.6 Å². The summed E-state index contributed by atoms with van der Waals surface area (Å²) in [6, 6.07) is 0.825. The Morgan fingerprint density at radius 2 is 2.23 bits per heavy atom. The lowest BCUT2D eigenvalue weighted by molar-refractivity contribution is 0.139. The molecule has 2 rings (SSSR count). The molecule has 0 aromatic heterocycles. The normalized spacial score (nSPS) is 39.9. The van der Waals surface area contributed by atoms with Crippen molar-refractivity contribution in [2.45, 2.75) is 38.6 Å². The van der Waals surface area contributed by atoms with Gasteiger partial charge in [0.05, 0.1) is 0 Å². The van der Waals surface area contributed by atoms with Gasteiger partial charge in [-0.05, 0) is 50.7 Å². The smallest absolute Gasteiger partial charge is 0.00988 e. The second-order valence-electron chi connectivity index (χ2n) is 4.51. The molecule has 2 N–H and O–H groups in total. The van der Waals surface area contributed by atoms with Crippen LogP contribution in [0.15, 0.2) is 0 Å². The van der Waals surface area contributed by atoms with Crippen LogP contribution in [0.1, 0.15) is 32.6 Å². The zero-order chi connectivity index (χ0) is 9.10. The standard InChI is InChI=1S/C11H22N2/c1-2-13-11-5-3-4-9-8-12-7-6-10(9)11/h9-13H,2-8H2,1H3. The molecule has 1 aliphatic heterocycles. The van der Waals surface area contributed by atoms with Crippen LogP contribution in [0.4, 0.5) is 0 Å². The molecule has 1 aliphatic carbocycles. The van der Waals surface area contributed by atoms with E-state index < -0.39 is 0 Å². The molecule has 0 radical (unpaired) electrons. The fraction of sp³-hybridized carbons (Fsp3) is 1.00. The molecule has 0 spiro atoms. The van der Waals surface area contributed by atoms with Gasteiger partial charge in [0.25, 0.3) is 0 Å². The molecular formula is C11H22N2. The van der Waals surface area contributed by atoms with E-state index in [0.717, 1.165) is 24.4 Å². The molecule has 0 bridgehead atoms. The summed E-state index contributed by atoms with van der Waals surface area (Å²) in [5.74, 6) is 1.93. The van der Waals surface area contributed by atoms with Gasteiger partial charge in [-0.2, -0.15) is 0 Å². The molecule has 2 heteroatoms. The topological polar surface area (TPSA) is 24.1 Å². The minimum Gasteiger partial charge on any atom is -0.316 e. The summed E-state index contributed by atoms with van der Waals surface area (Å²) < 4.78 is 0. The number of rotatable bonds is 2. The van der Waals surface area contributed by atoms with Crippen LogP contribution in [-0.2, 0) is 0 Å². The summed E-state index contributed by atoms with van der Waals surface area (Å²) in [4.78, 5) is 0. The lowest BCUT2D eigenvalue weighted by Crippen LogP contribution is -2.49. The average Bonchev–Trinajstić information content (AvgIpc) is 2.19. The van der Waals surface area contributed by atoms with Gasteiger partial charge in [-0.25, -0.2) is 0 Å². The second-order valence-corrected chi connectivity index (χ2v) is 4.51. The molecule has 2 fully saturated rings. The summed E-state index contributed by atoms with van der Waals surface area (Å²) in [5.41, 5.74) is 0. The Kier molecular flexibility index (Phi) is 3.23. The Hall–Kier alpha value is -0.0800. The van der Waals surface area contributed by atoms with Crippen molar-refractivity contribution in [1.29, 1.82) is 0 Å². The van der Waals surface area contributed by atoms with Crippen molar-refractivity contribution in [3.63, 3.8) is 0 Å². The van der Waals surface area contributed by atoms with E-state index >= 15 is 0 Å². The summed E-state index contributed by atoms with van der Waals surface area (Å²) in [7, 11) is 0. The first-order valence-electron chi connectivity index (χ1n) is 5.86. The van der Waals surface area contributed by atoms with E-state index in [2.05, 4.69) is 17.6 Å². The van der Waals surface area contributed by atoms with Crippen molar-refractivity contribution in [2.75, 3.05) is 19.6 Å². The van der Waals surface area contributed by atoms with Crippen molar-refractivity contribution in [1.82, 2.24) is 10.6 Å². The third-order valence-corrected chi connectivity index (χ3v) is 3.74. The monoisotopic (exact) mass is 182 g/mol. The van der Waals surface area contributed by atoms with Crippen LogP contribution in [0.5, 0.6) is 0 Å². The minimum atomic E-state index is 0.825. The highest BCUT2D eigenvalue weighted by molar-refractivity contribution is 4.90. The van der Waals surface area contributed by atoms with Crippen LogP contribution < -0.4 is 10.6 Å². The van der Waals surface area contributed by atoms with Crippen molar-refractivity contribution < 1.29 is 0 Å². The van der Waals surface area contributed by atoms with Crippen molar-refractivity contribution in [2.24, 2.45) is 11.8 Å². The third kappa shape index (κ3) is 2.05. The number of fused-ring (bicyclic) bond motifs is 1. The molecule has 13 heavy (non-hydrogen) atoms. The van der Waals surface area contributed by atoms with E-state index in [4.69, 9.17) is 0 Å². The molecule has 2 aliphatic rings. The molecule has 1 saturated carbocycles. The highest BCUT2D eigenvalue weighted by Crippen LogP contribution is 2.33. The SMILES string of the molecule is CCNC1CCCC2CNCCC21. The quantitative estimate of drug-likeness (QED) is 0.674. The van der Waals surface area contributed by atoms with Crippen LogP contribution >= 0.6 is 0 Å². The molecule has 3 unspecified atom stereocenters. The first-order chi connectivity index (χ1) is 6.42. The summed E-state index contributed by atoms with van der Waals surface area (Å²) in [6.07, 6.45) is 5.69. The minimum absolute atomic E-state index is 0.825. The molecular weight excluding hydrogens is 160 g/mol. The van der Waals surface area contributed by atoms with E-state index in [1.807, 2.05) is 0 Å². The lowest BCUT2D eigenvalue weighted by atomic mass is 9.72. The van der Waals surface area contributed by atoms with Gasteiger partial charge >= 0.3 is 0 Å². The average molecular weight is 182 g/mol. The number of hydrogen-bond acceptors (Lipinski definition) is 2. The van der Waals surface area contributed by atoms with Crippen LogP contribution in [0, 0.1) is 11.8 Å². The largest absolute Gasteiger partial charge is 0.316 e. The maximum Gasteiger partial charge on any atom is 0.00988 e. The van der Waals surface area contributed by atoms with E-state index in [1.54, 1.807) is 0 Å². The summed E-state index contributed by atoms with van der Waals surface area (Å²) in [6.45, 7) is 5.88. The van der Waals surface area contributed by atoms with Crippen molar-refractivity contribution >= 4 is 0 Å². The van der Waals surface area contributed by atoms with E-state index in [9.17, 15) is 0 Å². The zero-order valence-electron chi connectivity index (χ0n) is 8.68. The van der Waals surface area contributed by atoms with E-state index in [0.29, 0.717) is 0 Å². The molecule has 0 amide bonds. The van der Waals surface area contributed by atoms with Gasteiger partial charge in [0.1, 0.15) is 0 Å². The number of hydrogen-bond donors (Lipinski definition) is 2. The Morgan fingerprint density at radius 3 is 3.08 bits per heavy atom. The maximum atomic E-state index is 3.66. The molecule has 1 heterocycles.